The lowest BCUT2D eigenvalue weighted by atomic mass is 9.81. The molecule has 2 aliphatic carbocycles. The summed E-state index contributed by atoms with van der Waals surface area (Å²) in [5.41, 5.74) is 4.69. The molecule has 0 heterocycles. The van der Waals surface area contributed by atoms with E-state index >= 15 is 0 Å². The standard InChI is InChI=1S/C27H32N2O6/c1-16(30)24(26(32)33)29-25(31)18-12-10-17(11-13-18)14-28-27(34)35-15-23-21-8-4-2-6-19(21)20-7-3-5-9-22(20)23/h2-9,16-18,23-24,30H,10-15H2,1H3,(H,28,34)(H,29,31)(H,32,33). The van der Waals surface area contributed by atoms with Crippen LogP contribution < -0.4 is 10.6 Å². The van der Waals surface area contributed by atoms with Gasteiger partial charge in [-0.25, -0.2) is 9.59 Å². The summed E-state index contributed by atoms with van der Waals surface area (Å²) in [6, 6.07) is 15.1. The van der Waals surface area contributed by atoms with E-state index in [2.05, 4.69) is 34.9 Å². The predicted molar refractivity (Wildman–Crippen MR) is 130 cm³/mol. The van der Waals surface area contributed by atoms with Crippen molar-refractivity contribution in [2.24, 2.45) is 11.8 Å². The SMILES string of the molecule is CC(O)C(NC(=O)C1CCC(CNC(=O)OCC2c3ccccc3-c3ccccc32)CC1)C(=O)O. The van der Waals surface area contributed by atoms with Gasteiger partial charge in [0.25, 0.3) is 0 Å². The van der Waals surface area contributed by atoms with E-state index in [9.17, 15) is 19.5 Å². The van der Waals surface area contributed by atoms with Crippen molar-refractivity contribution in [2.45, 2.75) is 50.7 Å². The molecule has 1 fully saturated rings. The number of rotatable bonds is 8. The molecule has 2 amide bonds. The molecule has 0 radical (unpaired) electrons. The molecule has 0 aliphatic heterocycles. The van der Waals surface area contributed by atoms with Crippen molar-refractivity contribution < 1.29 is 29.3 Å². The van der Waals surface area contributed by atoms with Crippen LogP contribution in [0.1, 0.15) is 49.7 Å². The van der Waals surface area contributed by atoms with Crippen molar-refractivity contribution >= 4 is 18.0 Å². The number of ether oxygens (including phenoxy) is 1. The lowest BCUT2D eigenvalue weighted by molar-refractivity contribution is -0.145. The van der Waals surface area contributed by atoms with Crippen LogP contribution in [-0.4, -0.2) is 53.5 Å². The Kier molecular flexibility index (Phi) is 7.70. The Morgan fingerprint density at radius 3 is 2.09 bits per heavy atom. The van der Waals surface area contributed by atoms with Crippen LogP contribution in [0.3, 0.4) is 0 Å². The van der Waals surface area contributed by atoms with E-state index in [0.29, 0.717) is 19.4 Å². The lowest BCUT2D eigenvalue weighted by Gasteiger charge is -2.29. The summed E-state index contributed by atoms with van der Waals surface area (Å²) in [5.74, 6) is -1.65. The summed E-state index contributed by atoms with van der Waals surface area (Å²) >= 11 is 0. The van der Waals surface area contributed by atoms with Crippen LogP contribution in [-0.2, 0) is 14.3 Å². The number of aliphatic hydroxyl groups excluding tert-OH is 1. The molecule has 0 aromatic heterocycles. The number of amides is 2. The average molecular weight is 481 g/mol. The van der Waals surface area contributed by atoms with Crippen molar-refractivity contribution in [3.05, 3.63) is 59.7 Å². The van der Waals surface area contributed by atoms with Crippen LogP contribution >= 0.6 is 0 Å². The van der Waals surface area contributed by atoms with E-state index in [4.69, 9.17) is 9.84 Å². The topological polar surface area (TPSA) is 125 Å². The Labute approximate surface area is 204 Å². The number of alkyl carbamates (subject to hydrolysis) is 1. The van der Waals surface area contributed by atoms with Crippen molar-refractivity contribution in [3.63, 3.8) is 0 Å². The Balaban J connectivity index is 1.22. The van der Waals surface area contributed by atoms with Gasteiger partial charge in [0.05, 0.1) is 6.10 Å². The number of aliphatic carboxylic acids is 1. The highest BCUT2D eigenvalue weighted by atomic mass is 16.5. The lowest BCUT2D eigenvalue weighted by Crippen LogP contribution is -2.50. The molecule has 35 heavy (non-hydrogen) atoms. The maximum Gasteiger partial charge on any atom is 0.407 e. The van der Waals surface area contributed by atoms with E-state index in [0.717, 1.165) is 12.8 Å². The molecular formula is C27H32N2O6. The van der Waals surface area contributed by atoms with Crippen LogP contribution in [0, 0.1) is 11.8 Å². The molecule has 2 unspecified atom stereocenters. The van der Waals surface area contributed by atoms with Gasteiger partial charge in [-0.2, -0.15) is 0 Å². The second-order valence-corrected chi connectivity index (χ2v) is 9.49. The number of hydrogen-bond donors (Lipinski definition) is 4. The number of hydrogen-bond acceptors (Lipinski definition) is 5. The highest BCUT2D eigenvalue weighted by Crippen LogP contribution is 2.44. The minimum Gasteiger partial charge on any atom is -0.480 e. The van der Waals surface area contributed by atoms with E-state index in [1.165, 1.54) is 29.2 Å². The summed E-state index contributed by atoms with van der Waals surface area (Å²) < 4.78 is 5.59. The molecule has 8 heteroatoms. The molecule has 2 aliphatic rings. The molecule has 8 nitrogen and oxygen atoms in total. The van der Waals surface area contributed by atoms with Crippen LogP contribution in [0.15, 0.2) is 48.5 Å². The van der Waals surface area contributed by atoms with Crippen LogP contribution in [0.5, 0.6) is 0 Å². The molecule has 2 aromatic rings. The van der Waals surface area contributed by atoms with E-state index in [-0.39, 0.29) is 30.3 Å². The Bertz CT molecular complexity index is 1030. The van der Waals surface area contributed by atoms with Gasteiger partial charge >= 0.3 is 12.1 Å². The monoisotopic (exact) mass is 480 g/mol. The summed E-state index contributed by atoms with van der Waals surface area (Å²) in [6.07, 6.45) is 1.08. The largest absolute Gasteiger partial charge is 0.480 e. The molecule has 2 aromatic carbocycles. The number of carboxylic acid groups (broad SMARTS) is 1. The Morgan fingerprint density at radius 2 is 1.54 bits per heavy atom. The predicted octanol–water partition coefficient (Wildman–Crippen LogP) is 3.28. The van der Waals surface area contributed by atoms with Gasteiger partial charge in [-0.3, -0.25) is 4.79 Å². The summed E-state index contributed by atoms with van der Waals surface area (Å²) in [5, 5.41) is 24.0. The van der Waals surface area contributed by atoms with Gasteiger partial charge in [0.1, 0.15) is 6.61 Å². The minimum absolute atomic E-state index is 0.0124. The number of carbonyl (C=O) groups is 3. The maximum absolute atomic E-state index is 12.4. The smallest absolute Gasteiger partial charge is 0.407 e. The van der Waals surface area contributed by atoms with E-state index in [1.807, 2.05) is 24.3 Å². The average Bonchev–Trinajstić information content (AvgIpc) is 3.18. The van der Waals surface area contributed by atoms with E-state index in [1.54, 1.807) is 0 Å². The molecule has 2 atom stereocenters. The van der Waals surface area contributed by atoms with Crippen LogP contribution in [0.4, 0.5) is 4.79 Å². The third kappa shape index (κ3) is 5.65. The molecular weight excluding hydrogens is 448 g/mol. The first-order valence-corrected chi connectivity index (χ1v) is 12.1. The first-order chi connectivity index (χ1) is 16.8. The molecule has 1 saturated carbocycles. The number of carbonyl (C=O) groups excluding carboxylic acids is 2. The van der Waals surface area contributed by atoms with Crippen molar-refractivity contribution in [1.82, 2.24) is 10.6 Å². The summed E-state index contributed by atoms with van der Waals surface area (Å²) in [7, 11) is 0. The minimum atomic E-state index is -1.31. The Hall–Kier alpha value is -3.39. The van der Waals surface area contributed by atoms with Crippen LogP contribution in [0.25, 0.3) is 11.1 Å². The van der Waals surface area contributed by atoms with Gasteiger partial charge in [0.2, 0.25) is 5.91 Å². The molecule has 4 rings (SSSR count). The van der Waals surface area contributed by atoms with Gasteiger partial charge < -0.3 is 25.6 Å². The number of carboxylic acids is 1. The fourth-order valence-electron chi connectivity index (χ4n) is 5.17. The second-order valence-electron chi connectivity index (χ2n) is 9.49. The fraction of sp³-hybridized carbons (Fsp3) is 0.444. The zero-order chi connectivity index (χ0) is 24.9. The molecule has 186 valence electrons. The highest BCUT2D eigenvalue weighted by molar-refractivity contribution is 5.85. The van der Waals surface area contributed by atoms with Gasteiger partial charge in [-0.15, -0.1) is 0 Å². The van der Waals surface area contributed by atoms with Gasteiger partial charge in [-0.1, -0.05) is 48.5 Å². The zero-order valence-electron chi connectivity index (χ0n) is 19.8. The maximum atomic E-state index is 12.4. The van der Waals surface area contributed by atoms with Crippen LogP contribution in [0.2, 0.25) is 0 Å². The van der Waals surface area contributed by atoms with Gasteiger partial charge in [0.15, 0.2) is 6.04 Å². The first-order valence-electron chi connectivity index (χ1n) is 12.1. The second kappa shape index (κ2) is 10.9. The number of fused-ring (bicyclic) bond motifs is 3. The first kappa shape index (κ1) is 24.7. The molecule has 0 spiro atoms. The third-order valence-electron chi connectivity index (χ3n) is 7.14. The number of nitrogens with one attached hydrogen (secondary N) is 2. The molecule has 4 N–H and O–H groups in total. The summed E-state index contributed by atoms with van der Waals surface area (Å²) in [6.45, 7) is 2.07. The van der Waals surface area contributed by atoms with Crippen molar-refractivity contribution in [1.29, 1.82) is 0 Å². The van der Waals surface area contributed by atoms with E-state index < -0.39 is 24.2 Å². The van der Waals surface area contributed by atoms with Gasteiger partial charge in [0, 0.05) is 18.4 Å². The van der Waals surface area contributed by atoms with Crippen molar-refractivity contribution in [3.8, 4) is 11.1 Å². The number of benzene rings is 2. The fourth-order valence-corrected chi connectivity index (χ4v) is 5.17. The highest BCUT2D eigenvalue weighted by Gasteiger charge is 2.32. The van der Waals surface area contributed by atoms with Crippen molar-refractivity contribution in [2.75, 3.05) is 13.2 Å². The number of aliphatic hydroxyl groups is 1. The molecule has 0 saturated heterocycles. The molecule has 0 bridgehead atoms. The third-order valence-corrected chi connectivity index (χ3v) is 7.14. The quantitative estimate of drug-likeness (QED) is 0.460. The van der Waals surface area contributed by atoms with Gasteiger partial charge in [-0.05, 0) is 60.8 Å². The zero-order valence-corrected chi connectivity index (χ0v) is 19.8. The normalized spacial score (nSPS) is 20.7. The summed E-state index contributed by atoms with van der Waals surface area (Å²) in [4.78, 5) is 36.0. The Morgan fingerprint density at radius 1 is 0.971 bits per heavy atom.